The maximum atomic E-state index is 10.6. The van der Waals surface area contributed by atoms with Crippen LogP contribution in [-0.4, -0.2) is 16.9 Å². The summed E-state index contributed by atoms with van der Waals surface area (Å²) in [7, 11) is 0. The summed E-state index contributed by atoms with van der Waals surface area (Å²) in [5.41, 5.74) is 0.280. The molecule has 0 spiro atoms. The molecule has 1 aromatic rings. The number of aromatic nitrogens is 1. The number of hydrogen-bond donors (Lipinski definition) is 0. The summed E-state index contributed by atoms with van der Waals surface area (Å²) in [6.45, 7) is 1.13. The van der Waals surface area contributed by atoms with Crippen molar-refractivity contribution in [2.45, 2.75) is 13.0 Å². The number of rotatable bonds is 3. The van der Waals surface area contributed by atoms with Crippen LogP contribution in [0.2, 0.25) is 0 Å². The molecule has 1 aromatic heterocycles. The Morgan fingerprint density at radius 2 is 2.20 bits per heavy atom. The molecule has 1 rings (SSSR count). The Kier molecular flexibility index (Phi) is 6.15. The summed E-state index contributed by atoms with van der Waals surface area (Å²) in [6, 6.07) is 3.05. The molecule has 0 amide bonds. The van der Waals surface area contributed by atoms with E-state index in [9.17, 15) is 14.7 Å². The van der Waals surface area contributed by atoms with Crippen LogP contribution in [0, 0.1) is 0 Å². The number of esters is 1. The number of carboxylic acids is 1. The minimum absolute atomic E-state index is 0. The summed E-state index contributed by atoms with van der Waals surface area (Å²) >= 11 is 0. The van der Waals surface area contributed by atoms with Gasteiger partial charge in [0.25, 0.3) is 0 Å². The predicted octanol–water partition coefficient (Wildman–Crippen LogP) is -3.56. The summed E-state index contributed by atoms with van der Waals surface area (Å²) in [6.07, 6.45) is 1.41. The third-order valence-electron chi connectivity index (χ3n) is 1.49. The molecule has 0 unspecified atom stereocenters. The quantitative estimate of drug-likeness (QED) is 0.386. The van der Waals surface area contributed by atoms with Gasteiger partial charge in [-0.2, -0.15) is 0 Å². The van der Waals surface area contributed by atoms with Gasteiger partial charge in [0.05, 0.1) is 5.97 Å². The number of aliphatic carboxylic acids is 1. The summed E-state index contributed by atoms with van der Waals surface area (Å²) in [5, 5.41) is 10.6. The Balaban J connectivity index is 0.00000196. The standard InChI is InChI=1S/C9H9NO4.Na/c1-6(11)14-8(9(12)13)7-3-2-4-10-5-7;/h2-5,8H,1H3,(H,12,13);/q;+1/p-1/t8-;/m1./s1. The Labute approximate surface area is 109 Å². The first-order chi connectivity index (χ1) is 6.61. The maximum absolute atomic E-state index is 10.6. The molecule has 0 N–H and O–H groups in total. The zero-order valence-electron chi connectivity index (χ0n) is 8.47. The Morgan fingerprint density at radius 1 is 1.53 bits per heavy atom. The van der Waals surface area contributed by atoms with E-state index in [1.807, 2.05) is 0 Å². The van der Waals surface area contributed by atoms with Crippen LogP contribution in [0.4, 0.5) is 0 Å². The number of pyridine rings is 1. The van der Waals surface area contributed by atoms with Crippen LogP contribution >= 0.6 is 0 Å². The van der Waals surface area contributed by atoms with Crippen molar-refractivity contribution in [2.75, 3.05) is 0 Å². The first-order valence-corrected chi connectivity index (χ1v) is 3.89. The molecule has 0 aliphatic heterocycles. The summed E-state index contributed by atoms with van der Waals surface area (Å²) in [4.78, 5) is 24.9. The Bertz CT molecular complexity index is 341. The van der Waals surface area contributed by atoms with Gasteiger partial charge in [-0.15, -0.1) is 0 Å². The number of ether oxygens (including phenoxy) is 1. The molecule has 0 radical (unpaired) electrons. The number of hydrogen-bond acceptors (Lipinski definition) is 5. The molecular formula is C9H8NNaO4. The van der Waals surface area contributed by atoms with Crippen LogP contribution in [0.15, 0.2) is 24.5 Å². The molecule has 5 nitrogen and oxygen atoms in total. The minimum atomic E-state index is -1.46. The third kappa shape index (κ3) is 4.42. The summed E-state index contributed by atoms with van der Waals surface area (Å²) in [5.74, 6) is -2.14. The van der Waals surface area contributed by atoms with E-state index in [0.29, 0.717) is 0 Å². The topological polar surface area (TPSA) is 79.3 Å². The normalized spacial score (nSPS) is 11.0. The first-order valence-electron chi connectivity index (χ1n) is 3.89. The number of carbonyl (C=O) groups excluding carboxylic acids is 2. The Morgan fingerprint density at radius 3 is 2.60 bits per heavy atom. The van der Waals surface area contributed by atoms with Crippen molar-refractivity contribution >= 4 is 11.9 Å². The van der Waals surface area contributed by atoms with E-state index < -0.39 is 18.0 Å². The van der Waals surface area contributed by atoms with Gasteiger partial charge in [-0.1, -0.05) is 6.07 Å². The number of carboxylic acid groups (broad SMARTS) is 1. The van der Waals surface area contributed by atoms with E-state index in [2.05, 4.69) is 9.72 Å². The molecule has 1 atom stereocenters. The second kappa shape index (κ2) is 6.55. The molecule has 0 bridgehead atoms. The van der Waals surface area contributed by atoms with E-state index in [1.54, 1.807) is 6.07 Å². The van der Waals surface area contributed by atoms with Gasteiger partial charge in [-0.3, -0.25) is 9.78 Å². The van der Waals surface area contributed by atoms with Crippen molar-refractivity contribution in [1.29, 1.82) is 0 Å². The Hall–Kier alpha value is -0.910. The molecule has 1 heterocycles. The van der Waals surface area contributed by atoms with Gasteiger partial charge in [-0.25, -0.2) is 0 Å². The first kappa shape index (κ1) is 14.1. The van der Waals surface area contributed by atoms with Gasteiger partial charge in [-0.05, 0) is 6.07 Å². The van der Waals surface area contributed by atoms with Crippen molar-refractivity contribution in [3.63, 3.8) is 0 Å². The van der Waals surface area contributed by atoms with Gasteiger partial charge in [0.1, 0.15) is 0 Å². The van der Waals surface area contributed by atoms with Crippen LogP contribution in [0.1, 0.15) is 18.6 Å². The molecule has 6 heteroatoms. The van der Waals surface area contributed by atoms with Crippen LogP contribution in [-0.2, 0) is 14.3 Å². The fourth-order valence-corrected chi connectivity index (χ4v) is 0.949. The minimum Gasteiger partial charge on any atom is -0.546 e. The molecule has 0 aliphatic carbocycles. The van der Waals surface area contributed by atoms with Gasteiger partial charge in [0.2, 0.25) is 0 Å². The molecular weight excluding hydrogens is 209 g/mol. The van der Waals surface area contributed by atoms with Gasteiger partial charge < -0.3 is 14.6 Å². The van der Waals surface area contributed by atoms with E-state index in [4.69, 9.17) is 0 Å². The fourth-order valence-electron chi connectivity index (χ4n) is 0.949. The molecule has 15 heavy (non-hydrogen) atoms. The average Bonchev–Trinajstić information content (AvgIpc) is 2.15. The van der Waals surface area contributed by atoms with Crippen molar-refractivity contribution in [3.05, 3.63) is 30.1 Å². The largest absolute Gasteiger partial charge is 1.00 e. The van der Waals surface area contributed by atoms with Crippen LogP contribution in [0.25, 0.3) is 0 Å². The second-order valence-electron chi connectivity index (χ2n) is 2.59. The van der Waals surface area contributed by atoms with Gasteiger partial charge >= 0.3 is 35.5 Å². The smallest absolute Gasteiger partial charge is 0.546 e. The van der Waals surface area contributed by atoms with Crippen molar-refractivity contribution in [1.82, 2.24) is 4.98 Å². The van der Waals surface area contributed by atoms with Crippen molar-refractivity contribution < 1.29 is 49.0 Å². The monoisotopic (exact) mass is 217 g/mol. The van der Waals surface area contributed by atoms with Crippen molar-refractivity contribution in [2.24, 2.45) is 0 Å². The van der Waals surface area contributed by atoms with E-state index >= 15 is 0 Å². The van der Waals surface area contributed by atoms with Gasteiger partial charge in [0.15, 0.2) is 6.10 Å². The molecule has 0 fully saturated rings. The van der Waals surface area contributed by atoms with Crippen LogP contribution in [0.5, 0.6) is 0 Å². The molecule has 0 saturated carbocycles. The SMILES string of the molecule is CC(=O)O[C@@H](C(=O)[O-])c1cccnc1.[Na+]. The van der Waals surface area contributed by atoms with Crippen molar-refractivity contribution in [3.8, 4) is 0 Å². The summed E-state index contributed by atoms with van der Waals surface area (Å²) < 4.78 is 4.56. The average molecular weight is 217 g/mol. The van der Waals surface area contributed by atoms with E-state index in [-0.39, 0.29) is 35.1 Å². The van der Waals surface area contributed by atoms with E-state index in [1.165, 1.54) is 18.5 Å². The zero-order valence-corrected chi connectivity index (χ0v) is 10.5. The molecule has 74 valence electrons. The number of carbonyl (C=O) groups is 2. The molecule has 0 aromatic carbocycles. The second-order valence-corrected chi connectivity index (χ2v) is 2.59. The van der Waals surface area contributed by atoms with Crippen LogP contribution in [0.3, 0.4) is 0 Å². The van der Waals surface area contributed by atoms with Gasteiger partial charge in [0, 0.05) is 24.9 Å². The van der Waals surface area contributed by atoms with Crippen LogP contribution < -0.4 is 34.7 Å². The third-order valence-corrected chi connectivity index (χ3v) is 1.49. The fraction of sp³-hybridized carbons (Fsp3) is 0.222. The predicted molar refractivity (Wildman–Crippen MR) is 43.8 cm³/mol. The van der Waals surface area contributed by atoms with E-state index in [0.717, 1.165) is 6.92 Å². The maximum Gasteiger partial charge on any atom is 1.00 e. The zero-order chi connectivity index (χ0) is 10.6. The molecule has 0 aliphatic rings. The number of nitrogens with zero attached hydrogens (tertiary/aromatic N) is 1. The molecule has 0 saturated heterocycles.